The van der Waals surface area contributed by atoms with Crippen LogP contribution in [0.5, 0.6) is 0 Å². The Hall–Kier alpha value is -3.92. The summed E-state index contributed by atoms with van der Waals surface area (Å²) in [5.74, 6) is -0.459. The molecular weight excluding hydrogens is 438 g/mol. The van der Waals surface area contributed by atoms with Gasteiger partial charge in [0.05, 0.1) is 16.2 Å². The second-order valence-corrected chi connectivity index (χ2v) is 7.58. The summed E-state index contributed by atoms with van der Waals surface area (Å²) in [7, 11) is 0. The summed E-state index contributed by atoms with van der Waals surface area (Å²) in [6, 6.07) is 15.9. The Morgan fingerprint density at radius 3 is 2.42 bits per heavy atom. The van der Waals surface area contributed by atoms with Crippen molar-refractivity contribution in [3.8, 4) is 23.3 Å². The quantitative estimate of drug-likeness (QED) is 0.248. The molecule has 0 amide bonds. The molecule has 1 aromatic heterocycles. The number of nitrogens with zero attached hydrogens (tertiary/aromatic N) is 4. The number of aromatic nitrogens is 1. The number of hydrogen-bond donors (Lipinski definition) is 1. The Balaban J connectivity index is 1.97. The number of non-ortho nitro benzene ring substituents is 1. The molecule has 0 aliphatic carbocycles. The number of benzene rings is 2. The lowest BCUT2D eigenvalue weighted by atomic mass is 9.97. The average Bonchev–Trinajstić information content (AvgIpc) is 2.76. The maximum Gasteiger partial charge on any atom is 0.269 e. The van der Waals surface area contributed by atoms with E-state index in [1.54, 1.807) is 24.3 Å². The number of thioether (sulfide) groups is 1. The molecule has 2 aromatic carbocycles. The summed E-state index contributed by atoms with van der Waals surface area (Å²) in [6.45, 7) is 0. The summed E-state index contributed by atoms with van der Waals surface area (Å²) in [5, 5.41) is 30.7. The van der Waals surface area contributed by atoms with E-state index in [1.807, 2.05) is 12.1 Å². The number of ketones is 1. The van der Waals surface area contributed by atoms with Crippen LogP contribution in [0.4, 0.5) is 11.5 Å². The summed E-state index contributed by atoms with van der Waals surface area (Å²) < 4.78 is 0. The molecule has 10 heteroatoms. The zero-order valence-electron chi connectivity index (χ0n) is 15.7. The van der Waals surface area contributed by atoms with Gasteiger partial charge in [-0.15, -0.1) is 0 Å². The maximum absolute atomic E-state index is 12.5. The summed E-state index contributed by atoms with van der Waals surface area (Å²) in [5.41, 5.74) is 7.09. The second-order valence-electron chi connectivity index (χ2n) is 6.18. The van der Waals surface area contributed by atoms with Crippen LogP contribution in [-0.4, -0.2) is 21.4 Å². The minimum absolute atomic E-state index is 0.0462. The maximum atomic E-state index is 12.5. The molecule has 0 bridgehead atoms. The number of carbonyl (C=O) groups excluding carboxylic acids is 1. The van der Waals surface area contributed by atoms with Gasteiger partial charge in [-0.25, -0.2) is 4.98 Å². The number of Topliss-reactive ketones (excluding diaryl/α,β-unsaturated/α-hetero) is 1. The van der Waals surface area contributed by atoms with Crippen molar-refractivity contribution in [3.63, 3.8) is 0 Å². The molecule has 0 spiro atoms. The molecule has 0 saturated carbocycles. The van der Waals surface area contributed by atoms with Crippen molar-refractivity contribution in [1.82, 2.24) is 4.98 Å². The topological polar surface area (TPSA) is 147 Å². The van der Waals surface area contributed by atoms with Crippen LogP contribution >= 0.6 is 23.4 Å². The Labute approximate surface area is 186 Å². The van der Waals surface area contributed by atoms with E-state index >= 15 is 0 Å². The van der Waals surface area contributed by atoms with Gasteiger partial charge in [-0.2, -0.15) is 10.5 Å². The number of hydrogen-bond acceptors (Lipinski definition) is 8. The Bertz CT molecular complexity index is 1280. The Morgan fingerprint density at radius 1 is 1.16 bits per heavy atom. The molecule has 0 atom stereocenters. The zero-order chi connectivity index (χ0) is 22.5. The molecular formula is C21H12ClN5O3S. The highest BCUT2D eigenvalue weighted by Crippen LogP contribution is 2.36. The van der Waals surface area contributed by atoms with Crippen LogP contribution in [0.2, 0.25) is 5.02 Å². The SMILES string of the molecule is N#Cc1c(N)nc(SCC(=O)c2ccc([N+](=O)[O-])cc2)c(C#N)c1-c1cccc(Cl)c1. The standard InChI is InChI=1S/C21H12ClN5O3S/c22-14-3-1-2-13(8-14)19-16(9-23)20(25)26-21(17(19)10-24)31-11-18(28)12-4-6-15(7-5-12)27(29)30/h1-8H,11H2,(H2,25,26). The molecule has 0 aliphatic heterocycles. The zero-order valence-corrected chi connectivity index (χ0v) is 17.3. The summed E-state index contributed by atoms with van der Waals surface area (Å²) in [6.07, 6.45) is 0. The highest BCUT2D eigenvalue weighted by Gasteiger charge is 2.21. The normalized spacial score (nSPS) is 10.2. The number of rotatable bonds is 6. The van der Waals surface area contributed by atoms with Gasteiger partial charge in [-0.3, -0.25) is 14.9 Å². The van der Waals surface area contributed by atoms with Crippen molar-refractivity contribution in [1.29, 1.82) is 10.5 Å². The molecule has 8 nitrogen and oxygen atoms in total. The number of nitrogens with two attached hydrogens (primary N) is 1. The van der Waals surface area contributed by atoms with E-state index in [9.17, 15) is 25.4 Å². The Morgan fingerprint density at radius 2 is 1.84 bits per heavy atom. The van der Waals surface area contributed by atoms with Crippen molar-refractivity contribution >= 4 is 40.7 Å². The third-order valence-electron chi connectivity index (χ3n) is 4.27. The van der Waals surface area contributed by atoms with Crippen LogP contribution in [0.3, 0.4) is 0 Å². The van der Waals surface area contributed by atoms with Crippen molar-refractivity contribution in [2.75, 3.05) is 11.5 Å². The van der Waals surface area contributed by atoms with E-state index in [0.717, 1.165) is 11.8 Å². The van der Waals surface area contributed by atoms with E-state index in [2.05, 4.69) is 4.98 Å². The first-order chi connectivity index (χ1) is 14.8. The number of nitro benzene ring substituents is 1. The monoisotopic (exact) mass is 449 g/mol. The van der Waals surface area contributed by atoms with E-state index < -0.39 is 4.92 Å². The number of carbonyl (C=O) groups is 1. The van der Waals surface area contributed by atoms with Crippen LogP contribution in [-0.2, 0) is 0 Å². The van der Waals surface area contributed by atoms with Gasteiger partial charge in [0.25, 0.3) is 5.69 Å². The highest BCUT2D eigenvalue weighted by atomic mass is 35.5. The molecule has 2 N–H and O–H groups in total. The predicted octanol–water partition coefficient (Wildman–Crippen LogP) is 4.61. The van der Waals surface area contributed by atoms with E-state index in [1.165, 1.54) is 24.3 Å². The number of pyridine rings is 1. The second kappa shape index (κ2) is 9.26. The molecule has 1 heterocycles. The molecule has 0 radical (unpaired) electrons. The minimum Gasteiger partial charge on any atom is -0.383 e. The lowest BCUT2D eigenvalue weighted by Crippen LogP contribution is -2.06. The number of halogens is 1. The molecule has 152 valence electrons. The summed E-state index contributed by atoms with van der Waals surface area (Å²) >= 11 is 7.05. The van der Waals surface area contributed by atoms with Crippen LogP contribution in [0.15, 0.2) is 53.6 Å². The smallest absolute Gasteiger partial charge is 0.269 e. The number of nitriles is 2. The molecule has 0 saturated heterocycles. The van der Waals surface area contributed by atoms with Crippen LogP contribution in [0.1, 0.15) is 21.5 Å². The Kier molecular flexibility index (Phi) is 6.51. The van der Waals surface area contributed by atoms with Crippen LogP contribution in [0.25, 0.3) is 11.1 Å². The van der Waals surface area contributed by atoms with Gasteiger partial charge < -0.3 is 5.73 Å². The van der Waals surface area contributed by atoms with E-state index in [4.69, 9.17) is 17.3 Å². The number of nitro groups is 1. The first-order valence-electron chi connectivity index (χ1n) is 8.65. The van der Waals surface area contributed by atoms with Gasteiger partial charge in [0.15, 0.2) is 5.78 Å². The number of nitrogen functional groups attached to an aromatic ring is 1. The van der Waals surface area contributed by atoms with Crippen molar-refractivity contribution in [2.45, 2.75) is 5.03 Å². The van der Waals surface area contributed by atoms with Crippen molar-refractivity contribution in [2.24, 2.45) is 0 Å². The highest BCUT2D eigenvalue weighted by molar-refractivity contribution is 8.00. The minimum atomic E-state index is -0.553. The molecule has 3 rings (SSSR count). The largest absolute Gasteiger partial charge is 0.383 e. The molecule has 0 fully saturated rings. The van der Waals surface area contributed by atoms with Gasteiger partial charge in [0, 0.05) is 28.3 Å². The molecule has 3 aromatic rings. The molecule has 31 heavy (non-hydrogen) atoms. The third-order valence-corrected chi connectivity index (χ3v) is 5.48. The summed E-state index contributed by atoms with van der Waals surface area (Å²) in [4.78, 5) is 26.9. The fraction of sp³-hybridized carbons (Fsp3) is 0.0476. The van der Waals surface area contributed by atoms with Crippen LogP contribution in [0, 0.1) is 32.8 Å². The van der Waals surface area contributed by atoms with Gasteiger partial charge in [-0.05, 0) is 29.8 Å². The fourth-order valence-electron chi connectivity index (χ4n) is 2.82. The van der Waals surface area contributed by atoms with Crippen LogP contribution < -0.4 is 5.73 Å². The molecule has 0 unspecified atom stereocenters. The van der Waals surface area contributed by atoms with E-state index in [0.29, 0.717) is 16.1 Å². The molecule has 0 aliphatic rings. The average molecular weight is 450 g/mol. The van der Waals surface area contributed by atoms with Gasteiger partial charge in [0.1, 0.15) is 28.5 Å². The van der Waals surface area contributed by atoms with Gasteiger partial charge in [-0.1, -0.05) is 35.5 Å². The van der Waals surface area contributed by atoms with Crippen molar-refractivity contribution < 1.29 is 9.72 Å². The lowest BCUT2D eigenvalue weighted by Gasteiger charge is -2.13. The van der Waals surface area contributed by atoms with Crippen molar-refractivity contribution in [3.05, 3.63) is 80.4 Å². The first kappa shape index (κ1) is 21.8. The fourth-order valence-corrected chi connectivity index (χ4v) is 3.90. The first-order valence-corrected chi connectivity index (χ1v) is 10.0. The van der Waals surface area contributed by atoms with E-state index in [-0.39, 0.29) is 44.8 Å². The predicted molar refractivity (Wildman–Crippen MR) is 117 cm³/mol. The number of anilines is 1. The van der Waals surface area contributed by atoms with Gasteiger partial charge in [0.2, 0.25) is 0 Å². The lowest BCUT2D eigenvalue weighted by molar-refractivity contribution is -0.384. The van der Waals surface area contributed by atoms with Gasteiger partial charge >= 0.3 is 0 Å². The third kappa shape index (κ3) is 4.64.